The third-order valence-electron chi connectivity index (χ3n) is 2.32. The second-order valence-electron chi connectivity index (χ2n) is 3.71. The van der Waals surface area contributed by atoms with E-state index in [1.807, 2.05) is 31.2 Å². The molecule has 1 unspecified atom stereocenters. The van der Waals surface area contributed by atoms with Gasteiger partial charge in [-0.15, -0.1) is 0 Å². The Morgan fingerprint density at radius 3 is 2.47 bits per heavy atom. The van der Waals surface area contributed by atoms with Gasteiger partial charge in [-0.3, -0.25) is 0 Å². The molecule has 0 aliphatic rings. The molecule has 2 atom stereocenters. The second kappa shape index (κ2) is 5.75. The van der Waals surface area contributed by atoms with Crippen LogP contribution in [0.3, 0.4) is 0 Å². The van der Waals surface area contributed by atoms with E-state index >= 15 is 0 Å². The maximum Gasteiger partial charge on any atom is 0.0666 e. The van der Waals surface area contributed by atoms with Gasteiger partial charge >= 0.3 is 0 Å². The highest BCUT2D eigenvalue weighted by molar-refractivity contribution is 6.30. The Balaban J connectivity index is 2.51. The lowest BCUT2D eigenvalue weighted by Crippen LogP contribution is -2.23. The maximum absolute atomic E-state index is 8.65. The molecule has 0 spiro atoms. The third kappa shape index (κ3) is 3.91. The lowest BCUT2D eigenvalue weighted by molar-refractivity contribution is 0.528. The number of rotatable bonds is 4. The summed E-state index contributed by atoms with van der Waals surface area (Å²) in [6.07, 6.45) is 0. The van der Waals surface area contributed by atoms with E-state index < -0.39 is 0 Å². The molecule has 0 fully saturated rings. The average Bonchev–Trinajstić information content (AvgIpc) is 2.26. The summed E-state index contributed by atoms with van der Waals surface area (Å²) in [6.45, 7) is 4.69. The fourth-order valence-electron chi connectivity index (χ4n) is 1.27. The van der Waals surface area contributed by atoms with E-state index in [2.05, 4.69) is 18.3 Å². The molecular formula is C12H15ClN2. The number of hydrogen-bond acceptors (Lipinski definition) is 2. The molecule has 0 saturated carbocycles. The van der Waals surface area contributed by atoms with Gasteiger partial charge in [-0.2, -0.15) is 5.26 Å². The lowest BCUT2D eigenvalue weighted by atomic mass is 10.1. The highest BCUT2D eigenvalue weighted by Gasteiger charge is 2.06. The summed E-state index contributed by atoms with van der Waals surface area (Å²) < 4.78 is 0. The normalized spacial score (nSPS) is 14.3. The van der Waals surface area contributed by atoms with E-state index in [0.29, 0.717) is 6.54 Å². The van der Waals surface area contributed by atoms with Crippen LogP contribution in [-0.2, 0) is 0 Å². The summed E-state index contributed by atoms with van der Waals surface area (Å²) in [4.78, 5) is 0. The molecule has 1 rings (SSSR count). The minimum atomic E-state index is 0.0414. The topological polar surface area (TPSA) is 35.8 Å². The molecule has 0 radical (unpaired) electrons. The Morgan fingerprint density at radius 2 is 1.93 bits per heavy atom. The molecule has 0 aromatic heterocycles. The van der Waals surface area contributed by atoms with E-state index in [0.717, 1.165) is 5.02 Å². The Bertz CT molecular complexity index is 340. The summed E-state index contributed by atoms with van der Waals surface area (Å²) in [5.41, 5.74) is 1.18. The van der Waals surface area contributed by atoms with Gasteiger partial charge < -0.3 is 5.32 Å². The first-order valence-electron chi connectivity index (χ1n) is 5.02. The maximum atomic E-state index is 8.65. The fourth-order valence-corrected chi connectivity index (χ4v) is 1.39. The van der Waals surface area contributed by atoms with Crippen molar-refractivity contribution in [3.63, 3.8) is 0 Å². The van der Waals surface area contributed by atoms with Crippen LogP contribution >= 0.6 is 11.6 Å². The molecule has 1 aromatic rings. The molecule has 0 bridgehead atoms. The van der Waals surface area contributed by atoms with E-state index in [9.17, 15) is 0 Å². The van der Waals surface area contributed by atoms with Crippen LogP contribution in [0.25, 0.3) is 0 Å². The molecule has 3 heteroatoms. The average molecular weight is 223 g/mol. The summed E-state index contributed by atoms with van der Waals surface area (Å²) in [5, 5.41) is 12.7. The van der Waals surface area contributed by atoms with Crippen LogP contribution in [0.1, 0.15) is 25.5 Å². The molecule has 0 aliphatic heterocycles. The molecule has 0 saturated heterocycles. The molecule has 1 aromatic carbocycles. The number of nitrogens with zero attached hydrogens (tertiary/aromatic N) is 1. The van der Waals surface area contributed by atoms with Crippen molar-refractivity contribution in [1.29, 1.82) is 5.26 Å². The Hall–Kier alpha value is -1.04. The Kier molecular flexibility index (Phi) is 4.61. The molecule has 0 amide bonds. The van der Waals surface area contributed by atoms with Crippen LogP contribution in [0.5, 0.6) is 0 Å². The zero-order valence-electron chi connectivity index (χ0n) is 9.00. The van der Waals surface area contributed by atoms with Crippen molar-refractivity contribution >= 4 is 11.6 Å². The van der Waals surface area contributed by atoms with Gasteiger partial charge in [0.15, 0.2) is 0 Å². The number of nitrogens with one attached hydrogen (secondary N) is 1. The molecule has 0 heterocycles. The number of halogens is 1. The van der Waals surface area contributed by atoms with Gasteiger partial charge in [0, 0.05) is 17.6 Å². The van der Waals surface area contributed by atoms with Crippen molar-refractivity contribution in [2.75, 3.05) is 6.54 Å². The largest absolute Gasteiger partial charge is 0.309 e. The van der Waals surface area contributed by atoms with Gasteiger partial charge in [0.25, 0.3) is 0 Å². The molecular weight excluding hydrogens is 208 g/mol. The highest BCUT2D eigenvalue weighted by Crippen LogP contribution is 2.15. The van der Waals surface area contributed by atoms with Gasteiger partial charge in [-0.05, 0) is 31.5 Å². The summed E-state index contributed by atoms with van der Waals surface area (Å²) in [6, 6.07) is 10.2. The first kappa shape index (κ1) is 12.0. The lowest BCUT2D eigenvalue weighted by Gasteiger charge is -2.14. The standard InChI is InChI=1S/C12H15ClN2/c1-9(7-14)8-15-10(2)11-3-5-12(13)6-4-11/h3-6,9-10,15H,8H2,1-2H3/t9?,10-/m1/s1. The van der Waals surface area contributed by atoms with Crippen molar-refractivity contribution in [1.82, 2.24) is 5.32 Å². The zero-order chi connectivity index (χ0) is 11.3. The van der Waals surface area contributed by atoms with Crippen LogP contribution in [-0.4, -0.2) is 6.54 Å². The number of nitriles is 1. The van der Waals surface area contributed by atoms with Crippen molar-refractivity contribution < 1.29 is 0 Å². The fraction of sp³-hybridized carbons (Fsp3) is 0.417. The predicted molar refractivity (Wildman–Crippen MR) is 62.6 cm³/mol. The third-order valence-corrected chi connectivity index (χ3v) is 2.57. The molecule has 2 nitrogen and oxygen atoms in total. The van der Waals surface area contributed by atoms with Gasteiger partial charge in [-0.1, -0.05) is 23.7 Å². The van der Waals surface area contributed by atoms with Crippen molar-refractivity contribution in [2.24, 2.45) is 5.92 Å². The van der Waals surface area contributed by atoms with Gasteiger partial charge in [0.2, 0.25) is 0 Å². The van der Waals surface area contributed by atoms with E-state index in [1.54, 1.807) is 0 Å². The monoisotopic (exact) mass is 222 g/mol. The second-order valence-corrected chi connectivity index (χ2v) is 4.15. The minimum absolute atomic E-state index is 0.0414. The van der Waals surface area contributed by atoms with Gasteiger partial charge in [0.1, 0.15) is 0 Å². The van der Waals surface area contributed by atoms with Crippen LogP contribution in [0.2, 0.25) is 5.02 Å². The molecule has 80 valence electrons. The van der Waals surface area contributed by atoms with Crippen LogP contribution in [0, 0.1) is 17.2 Å². The summed E-state index contributed by atoms with van der Waals surface area (Å²) >= 11 is 5.80. The molecule has 1 N–H and O–H groups in total. The molecule has 15 heavy (non-hydrogen) atoms. The van der Waals surface area contributed by atoms with Gasteiger partial charge in [0.05, 0.1) is 12.0 Å². The van der Waals surface area contributed by atoms with Crippen LogP contribution < -0.4 is 5.32 Å². The van der Waals surface area contributed by atoms with Crippen LogP contribution in [0.4, 0.5) is 0 Å². The van der Waals surface area contributed by atoms with Gasteiger partial charge in [-0.25, -0.2) is 0 Å². The first-order chi connectivity index (χ1) is 7.13. The minimum Gasteiger partial charge on any atom is -0.309 e. The van der Waals surface area contributed by atoms with Crippen molar-refractivity contribution in [2.45, 2.75) is 19.9 Å². The highest BCUT2D eigenvalue weighted by atomic mass is 35.5. The number of benzene rings is 1. The number of hydrogen-bond donors (Lipinski definition) is 1. The van der Waals surface area contributed by atoms with Crippen molar-refractivity contribution in [3.8, 4) is 6.07 Å². The Labute approximate surface area is 95.9 Å². The smallest absolute Gasteiger partial charge is 0.0666 e. The van der Waals surface area contributed by atoms with E-state index in [4.69, 9.17) is 16.9 Å². The van der Waals surface area contributed by atoms with E-state index in [1.165, 1.54) is 5.56 Å². The Morgan fingerprint density at radius 1 is 1.33 bits per heavy atom. The first-order valence-corrected chi connectivity index (χ1v) is 5.39. The van der Waals surface area contributed by atoms with Crippen LogP contribution in [0.15, 0.2) is 24.3 Å². The predicted octanol–water partition coefficient (Wildman–Crippen LogP) is 3.15. The quantitative estimate of drug-likeness (QED) is 0.850. The summed E-state index contributed by atoms with van der Waals surface area (Å²) in [5.74, 6) is 0.0414. The SMILES string of the molecule is CC(C#N)CN[C@H](C)c1ccc(Cl)cc1. The summed E-state index contributed by atoms with van der Waals surface area (Å²) in [7, 11) is 0. The zero-order valence-corrected chi connectivity index (χ0v) is 9.75. The van der Waals surface area contributed by atoms with E-state index in [-0.39, 0.29) is 12.0 Å². The molecule has 0 aliphatic carbocycles. The van der Waals surface area contributed by atoms with Crippen molar-refractivity contribution in [3.05, 3.63) is 34.9 Å².